The summed E-state index contributed by atoms with van der Waals surface area (Å²) in [6.07, 6.45) is 2.18. The fraction of sp³-hybridized carbons (Fsp3) is 0.636. The fourth-order valence-corrected chi connectivity index (χ4v) is 2.67. The summed E-state index contributed by atoms with van der Waals surface area (Å²) >= 11 is 7.42. The highest BCUT2D eigenvalue weighted by Crippen LogP contribution is 2.29. The average Bonchev–Trinajstić information content (AvgIpc) is 2.63. The molecule has 0 aliphatic rings. The van der Waals surface area contributed by atoms with Gasteiger partial charge in [0.2, 0.25) is 0 Å². The minimum atomic E-state index is -0.0533. The van der Waals surface area contributed by atoms with Gasteiger partial charge in [-0.05, 0) is 25.5 Å². The van der Waals surface area contributed by atoms with E-state index in [9.17, 15) is 0 Å². The normalized spacial score (nSPS) is 15.2. The Kier molecular flexibility index (Phi) is 5.61. The van der Waals surface area contributed by atoms with Crippen molar-refractivity contribution in [1.82, 2.24) is 0 Å². The molecular weight excluding hydrogens is 230 g/mol. The van der Waals surface area contributed by atoms with Gasteiger partial charge in [-0.1, -0.05) is 24.9 Å². The van der Waals surface area contributed by atoms with Crippen molar-refractivity contribution in [3.8, 4) is 0 Å². The van der Waals surface area contributed by atoms with Crippen molar-refractivity contribution in [2.24, 2.45) is 5.73 Å². The highest BCUT2D eigenvalue weighted by Gasteiger charge is 2.20. The van der Waals surface area contributed by atoms with Gasteiger partial charge in [0.1, 0.15) is 0 Å². The van der Waals surface area contributed by atoms with Crippen molar-refractivity contribution >= 4 is 22.9 Å². The molecule has 4 heteroatoms. The second-order valence-electron chi connectivity index (χ2n) is 3.45. The van der Waals surface area contributed by atoms with Gasteiger partial charge in [0.15, 0.2) is 0 Å². The van der Waals surface area contributed by atoms with E-state index in [-0.39, 0.29) is 12.1 Å². The molecule has 0 spiro atoms. The molecule has 1 heterocycles. The number of hydrogen-bond acceptors (Lipinski definition) is 3. The van der Waals surface area contributed by atoms with E-state index >= 15 is 0 Å². The molecule has 86 valence electrons. The number of thiophene rings is 1. The van der Waals surface area contributed by atoms with E-state index in [1.807, 2.05) is 19.1 Å². The van der Waals surface area contributed by atoms with Gasteiger partial charge in [-0.25, -0.2) is 0 Å². The molecule has 1 rings (SSSR count). The predicted octanol–water partition coefficient (Wildman–Crippen LogP) is 3.61. The molecule has 0 radical (unpaired) electrons. The van der Waals surface area contributed by atoms with Crippen molar-refractivity contribution in [2.45, 2.75) is 38.8 Å². The monoisotopic (exact) mass is 247 g/mol. The topological polar surface area (TPSA) is 35.2 Å². The van der Waals surface area contributed by atoms with Crippen LogP contribution in [0.5, 0.6) is 0 Å². The Labute approximate surface area is 100 Å². The van der Waals surface area contributed by atoms with Gasteiger partial charge in [-0.2, -0.15) is 0 Å². The molecule has 2 N–H and O–H groups in total. The van der Waals surface area contributed by atoms with E-state index < -0.39 is 0 Å². The molecule has 2 atom stereocenters. The SMILES string of the molecule is CCCC(OCC)C(N)c1ccc(Cl)s1. The zero-order valence-electron chi connectivity index (χ0n) is 9.20. The van der Waals surface area contributed by atoms with E-state index in [4.69, 9.17) is 22.1 Å². The molecule has 1 aromatic rings. The van der Waals surface area contributed by atoms with Crippen LogP contribution in [0.15, 0.2) is 12.1 Å². The minimum absolute atomic E-state index is 0.0533. The van der Waals surface area contributed by atoms with Crippen molar-refractivity contribution in [2.75, 3.05) is 6.61 Å². The molecule has 0 saturated carbocycles. The highest BCUT2D eigenvalue weighted by atomic mass is 35.5. The van der Waals surface area contributed by atoms with Gasteiger partial charge in [0, 0.05) is 11.5 Å². The zero-order chi connectivity index (χ0) is 11.3. The number of ether oxygens (including phenoxy) is 1. The van der Waals surface area contributed by atoms with Crippen LogP contribution in [-0.4, -0.2) is 12.7 Å². The lowest BCUT2D eigenvalue weighted by molar-refractivity contribution is 0.0382. The van der Waals surface area contributed by atoms with Crippen LogP contribution in [0.25, 0.3) is 0 Å². The van der Waals surface area contributed by atoms with Crippen molar-refractivity contribution in [1.29, 1.82) is 0 Å². The zero-order valence-corrected chi connectivity index (χ0v) is 10.8. The van der Waals surface area contributed by atoms with Crippen LogP contribution >= 0.6 is 22.9 Å². The van der Waals surface area contributed by atoms with E-state index in [0.717, 1.165) is 22.1 Å². The van der Waals surface area contributed by atoms with Crippen molar-refractivity contribution < 1.29 is 4.74 Å². The fourth-order valence-electron chi connectivity index (χ4n) is 1.56. The Morgan fingerprint density at radius 1 is 1.47 bits per heavy atom. The molecular formula is C11H18ClNOS. The second-order valence-corrected chi connectivity index (χ2v) is 5.20. The number of halogens is 1. The van der Waals surface area contributed by atoms with E-state index in [1.165, 1.54) is 11.3 Å². The molecule has 1 aromatic heterocycles. The molecule has 0 aliphatic heterocycles. The third-order valence-corrected chi connectivity index (χ3v) is 3.61. The van der Waals surface area contributed by atoms with E-state index in [1.54, 1.807) is 0 Å². The summed E-state index contributed by atoms with van der Waals surface area (Å²) in [6.45, 7) is 4.84. The first kappa shape index (κ1) is 13.0. The van der Waals surface area contributed by atoms with E-state index in [2.05, 4.69) is 6.92 Å². The maximum Gasteiger partial charge on any atom is 0.0931 e. The van der Waals surface area contributed by atoms with Crippen molar-refractivity contribution in [3.05, 3.63) is 21.3 Å². The van der Waals surface area contributed by atoms with E-state index in [0.29, 0.717) is 6.61 Å². The van der Waals surface area contributed by atoms with Crippen LogP contribution in [-0.2, 0) is 4.74 Å². The summed E-state index contributed by atoms with van der Waals surface area (Å²) in [7, 11) is 0. The lowest BCUT2D eigenvalue weighted by Crippen LogP contribution is -2.28. The quantitative estimate of drug-likeness (QED) is 0.834. The number of hydrogen-bond donors (Lipinski definition) is 1. The van der Waals surface area contributed by atoms with Gasteiger partial charge < -0.3 is 10.5 Å². The van der Waals surface area contributed by atoms with Gasteiger partial charge in [0.25, 0.3) is 0 Å². The molecule has 2 unspecified atom stereocenters. The lowest BCUT2D eigenvalue weighted by Gasteiger charge is -2.22. The van der Waals surface area contributed by atoms with Crippen LogP contribution in [0.2, 0.25) is 4.34 Å². The van der Waals surface area contributed by atoms with Crippen LogP contribution < -0.4 is 5.73 Å². The highest BCUT2D eigenvalue weighted by molar-refractivity contribution is 7.16. The molecule has 15 heavy (non-hydrogen) atoms. The Hall–Kier alpha value is -0.0900. The first-order valence-corrected chi connectivity index (χ1v) is 6.50. The first-order valence-electron chi connectivity index (χ1n) is 5.31. The maximum absolute atomic E-state index is 6.15. The Morgan fingerprint density at radius 3 is 2.67 bits per heavy atom. The predicted molar refractivity (Wildman–Crippen MR) is 66.6 cm³/mol. The lowest BCUT2D eigenvalue weighted by atomic mass is 10.1. The molecule has 0 fully saturated rings. The third kappa shape index (κ3) is 3.76. The average molecular weight is 248 g/mol. The minimum Gasteiger partial charge on any atom is -0.377 e. The van der Waals surface area contributed by atoms with Crippen LogP contribution in [0.3, 0.4) is 0 Å². The summed E-state index contributed by atoms with van der Waals surface area (Å²) in [5.41, 5.74) is 6.15. The smallest absolute Gasteiger partial charge is 0.0931 e. The van der Waals surface area contributed by atoms with Crippen LogP contribution in [0.4, 0.5) is 0 Å². The summed E-state index contributed by atoms with van der Waals surface area (Å²) in [5, 5.41) is 0. The Balaban J connectivity index is 2.66. The molecule has 0 bridgehead atoms. The number of rotatable bonds is 6. The molecule has 0 aliphatic carbocycles. The summed E-state index contributed by atoms with van der Waals surface area (Å²) < 4.78 is 6.43. The van der Waals surface area contributed by atoms with Gasteiger partial charge >= 0.3 is 0 Å². The summed E-state index contributed by atoms with van der Waals surface area (Å²) in [6, 6.07) is 3.82. The Morgan fingerprint density at radius 2 is 2.20 bits per heavy atom. The third-order valence-electron chi connectivity index (χ3n) is 2.28. The van der Waals surface area contributed by atoms with Crippen LogP contribution in [0.1, 0.15) is 37.6 Å². The standard InChI is InChI=1S/C11H18ClNOS/c1-3-5-8(14-4-2)11(13)9-6-7-10(12)15-9/h6-8,11H,3-5,13H2,1-2H3. The van der Waals surface area contributed by atoms with Gasteiger partial charge in [0.05, 0.1) is 16.5 Å². The molecule has 0 saturated heterocycles. The number of nitrogens with two attached hydrogens (primary N) is 1. The maximum atomic E-state index is 6.15. The largest absolute Gasteiger partial charge is 0.377 e. The molecule has 0 aromatic carbocycles. The molecule has 0 amide bonds. The van der Waals surface area contributed by atoms with Gasteiger partial charge in [-0.15, -0.1) is 11.3 Å². The first-order chi connectivity index (χ1) is 7.19. The summed E-state index contributed by atoms with van der Waals surface area (Å²) in [5.74, 6) is 0. The second kappa shape index (κ2) is 6.48. The summed E-state index contributed by atoms with van der Waals surface area (Å²) in [4.78, 5) is 1.10. The Bertz CT molecular complexity index is 284. The van der Waals surface area contributed by atoms with Crippen molar-refractivity contribution in [3.63, 3.8) is 0 Å². The van der Waals surface area contributed by atoms with Gasteiger partial charge in [-0.3, -0.25) is 0 Å². The van der Waals surface area contributed by atoms with Crippen LogP contribution in [0, 0.1) is 0 Å². The molecule has 2 nitrogen and oxygen atoms in total.